The Morgan fingerprint density at radius 2 is 2.39 bits per heavy atom. The van der Waals surface area contributed by atoms with Crippen LogP contribution in [0.3, 0.4) is 0 Å². The largest absolute Gasteiger partial charge is 0.480 e. The molecule has 1 aliphatic heterocycles. The molecule has 0 aromatic carbocycles. The molecule has 5 nitrogen and oxygen atoms in total. The summed E-state index contributed by atoms with van der Waals surface area (Å²) in [7, 11) is 0. The smallest absolute Gasteiger partial charge is 0.329 e. The number of piperidine rings is 1. The van der Waals surface area contributed by atoms with Crippen molar-refractivity contribution in [3.05, 3.63) is 16.6 Å². The lowest BCUT2D eigenvalue weighted by atomic mass is 10.1. The molecule has 6 heteroatoms. The Morgan fingerprint density at radius 3 is 2.94 bits per heavy atom. The number of hydrogen-bond donors (Lipinski definition) is 1. The molecular weight excluding hydrogens is 252 g/mol. The summed E-state index contributed by atoms with van der Waals surface area (Å²) in [6.07, 6.45) is 1.86. The zero-order valence-corrected chi connectivity index (χ0v) is 11.2. The molecule has 1 aromatic rings. The van der Waals surface area contributed by atoms with Crippen LogP contribution in [0.1, 0.15) is 31.5 Å². The zero-order chi connectivity index (χ0) is 13.0. The fraction of sp³-hybridized carbons (Fsp3) is 0.667. The molecule has 0 saturated carbocycles. The molecule has 1 atom stereocenters. The molecule has 0 bridgehead atoms. The molecule has 1 saturated heterocycles. The van der Waals surface area contributed by atoms with E-state index in [0.717, 1.165) is 31.6 Å². The van der Waals surface area contributed by atoms with Crippen LogP contribution in [0.2, 0.25) is 0 Å². The second kappa shape index (κ2) is 6.26. The van der Waals surface area contributed by atoms with Gasteiger partial charge < -0.3 is 9.84 Å². The predicted octanol–water partition coefficient (Wildman–Crippen LogP) is 1.77. The van der Waals surface area contributed by atoms with E-state index in [0.29, 0.717) is 6.04 Å². The van der Waals surface area contributed by atoms with Gasteiger partial charge in [0.15, 0.2) is 0 Å². The van der Waals surface area contributed by atoms with Crippen molar-refractivity contribution in [2.75, 3.05) is 19.7 Å². The first-order chi connectivity index (χ1) is 8.66. The second-order valence-corrected chi connectivity index (χ2v) is 5.25. The number of likely N-dealkylation sites (tertiary alicyclic amines) is 1. The van der Waals surface area contributed by atoms with Crippen LogP contribution >= 0.6 is 11.3 Å². The highest BCUT2D eigenvalue weighted by Crippen LogP contribution is 2.24. The van der Waals surface area contributed by atoms with Crippen LogP contribution in [0.5, 0.6) is 0 Å². The normalized spacial score (nSPS) is 19.8. The molecule has 1 unspecified atom stereocenters. The van der Waals surface area contributed by atoms with Gasteiger partial charge in [0.05, 0.1) is 23.4 Å². The maximum atomic E-state index is 10.4. The van der Waals surface area contributed by atoms with Crippen LogP contribution < -0.4 is 0 Å². The van der Waals surface area contributed by atoms with Crippen LogP contribution in [-0.2, 0) is 9.53 Å². The Morgan fingerprint density at radius 1 is 1.67 bits per heavy atom. The molecule has 2 heterocycles. The monoisotopic (exact) mass is 270 g/mol. The van der Waals surface area contributed by atoms with Crippen LogP contribution in [0, 0.1) is 0 Å². The molecule has 0 spiro atoms. The van der Waals surface area contributed by atoms with E-state index < -0.39 is 5.97 Å². The molecule has 1 fully saturated rings. The Bertz CT molecular complexity index is 375. The van der Waals surface area contributed by atoms with Crippen molar-refractivity contribution in [3.63, 3.8) is 0 Å². The average Bonchev–Trinajstić information content (AvgIpc) is 2.90. The number of carboxylic acids is 1. The number of thiazole rings is 1. The SMILES string of the molecule is CC(c1cscn1)N1CCC(OCC(=O)O)CC1. The van der Waals surface area contributed by atoms with Crippen LogP contribution in [0.15, 0.2) is 10.9 Å². The average molecular weight is 270 g/mol. The van der Waals surface area contributed by atoms with Crippen LogP contribution in [0.4, 0.5) is 0 Å². The first-order valence-electron chi connectivity index (χ1n) is 6.12. The summed E-state index contributed by atoms with van der Waals surface area (Å²) in [5, 5.41) is 10.6. The minimum absolute atomic E-state index is 0.0833. The van der Waals surface area contributed by atoms with E-state index in [1.165, 1.54) is 0 Å². The topological polar surface area (TPSA) is 62.7 Å². The second-order valence-electron chi connectivity index (χ2n) is 4.53. The fourth-order valence-corrected chi connectivity index (χ4v) is 2.87. The minimum Gasteiger partial charge on any atom is -0.480 e. The zero-order valence-electron chi connectivity index (χ0n) is 10.4. The number of aromatic nitrogens is 1. The summed E-state index contributed by atoms with van der Waals surface area (Å²) >= 11 is 1.62. The van der Waals surface area contributed by atoms with Gasteiger partial charge in [0.25, 0.3) is 0 Å². The lowest BCUT2D eigenvalue weighted by Crippen LogP contribution is -2.39. The molecule has 100 valence electrons. The summed E-state index contributed by atoms with van der Waals surface area (Å²) in [6.45, 7) is 3.84. The van der Waals surface area contributed by atoms with E-state index in [2.05, 4.69) is 22.2 Å². The predicted molar refractivity (Wildman–Crippen MR) is 68.7 cm³/mol. The summed E-state index contributed by atoms with van der Waals surface area (Å²) in [5.74, 6) is -0.895. The summed E-state index contributed by atoms with van der Waals surface area (Å²) in [4.78, 5) is 17.1. The van der Waals surface area contributed by atoms with E-state index in [1.54, 1.807) is 11.3 Å². The molecule has 2 rings (SSSR count). The number of hydrogen-bond acceptors (Lipinski definition) is 5. The third kappa shape index (κ3) is 3.51. The van der Waals surface area contributed by atoms with Crippen molar-refractivity contribution < 1.29 is 14.6 Å². The van der Waals surface area contributed by atoms with E-state index >= 15 is 0 Å². The van der Waals surface area contributed by atoms with Crippen LogP contribution in [-0.4, -0.2) is 46.8 Å². The van der Waals surface area contributed by atoms with E-state index in [4.69, 9.17) is 9.84 Å². The van der Waals surface area contributed by atoms with Crippen molar-refractivity contribution in [2.45, 2.75) is 31.9 Å². The fourth-order valence-electron chi connectivity index (χ4n) is 2.23. The highest BCUT2D eigenvalue weighted by Gasteiger charge is 2.25. The summed E-state index contributed by atoms with van der Waals surface area (Å²) in [6, 6.07) is 0.330. The van der Waals surface area contributed by atoms with E-state index in [9.17, 15) is 4.79 Å². The third-order valence-corrected chi connectivity index (χ3v) is 3.95. The molecule has 1 aliphatic rings. The van der Waals surface area contributed by atoms with Gasteiger partial charge >= 0.3 is 5.97 Å². The quantitative estimate of drug-likeness (QED) is 0.883. The van der Waals surface area contributed by atoms with E-state index in [-0.39, 0.29) is 12.7 Å². The van der Waals surface area contributed by atoms with Crippen molar-refractivity contribution in [2.24, 2.45) is 0 Å². The Kier molecular flexibility index (Phi) is 4.68. The van der Waals surface area contributed by atoms with Crippen molar-refractivity contribution >= 4 is 17.3 Å². The van der Waals surface area contributed by atoms with Gasteiger partial charge in [-0.15, -0.1) is 11.3 Å². The number of carbonyl (C=O) groups is 1. The lowest BCUT2D eigenvalue weighted by Gasteiger charge is -2.35. The van der Waals surface area contributed by atoms with Gasteiger partial charge in [0, 0.05) is 18.5 Å². The van der Waals surface area contributed by atoms with Gasteiger partial charge in [-0.05, 0) is 19.8 Å². The Hall–Kier alpha value is -0.980. The molecular formula is C12H18N2O3S. The van der Waals surface area contributed by atoms with Gasteiger partial charge in [-0.1, -0.05) is 0 Å². The van der Waals surface area contributed by atoms with Crippen molar-refractivity contribution in [3.8, 4) is 0 Å². The molecule has 1 N–H and O–H groups in total. The van der Waals surface area contributed by atoms with Crippen molar-refractivity contribution in [1.82, 2.24) is 9.88 Å². The van der Waals surface area contributed by atoms with Gasteiger partial charge in [-0.25, -0.2) is 9.78 Å². The standard InChI is InChI=1S/C12H18N2O3S/c1-9(11-7-18-8-13-11)14-4-2-10(3-5-14)17-6-12(15)16/h7-10H,2-6H2,1H3,(H,15,16). The molecule has 1 aromatic heterocycles. The first kappa shape index (κ1) is 13.5. The lowest BCUT2D eigenvalue weighted by molar-refractivity contribution is -0.145. The summed E-state index contributed by atoms with van der Waals surface area (Å²) < 4.78 is 5.32. The van der Waals surface area contributed by atoms with Gasteiger partial charge in [0.1, 0.15) is 6.61 Å². The molecule has 0 amide bonds. The number of aliphatic carboxylic acids is 1. The van der Waals surface area contributed by atoms with Gasteiger partial charge in [0.2, 0.25) is 0 Å². The van der Waals surface area contributed by atoms with Gasteiger partial charge in [-0.3, -0.25) is 4.90 Å². The van der Waals surface area contributed by atoms with E-state index in [1.807, 2.05) is 5.51 Å². The maximum absolute atomic E-state index is 10.4. The number of ether oxygens (including phenoxy) is 1. The summed E-state index contributed by atoms with van der Waals surface area (Å²) in [5.41, 5.74) is 2.97. The number of nitrogens with zero attached hydrogens (tertiary/aromatic N) is 2. The third-order valence-electron chi connectivity index (χ3n) is 3.35. The Balaban J connectivity index is 1.78. The molecule has 0 radical (unpaired) electrons. The molecule has 0 aliphatic carbocycles. The van der Waals surface area contributed by atoms with Gasteiger partial charge in [-0.2, -0.15) is 0 Å². The van der Waals surface area contributed by atoms with Crippen LogP contribution in [0.25, 0.3) is 0 Å². The number of carboxylic acid groups (broad SMARTS) is 1. The number of rotatable bonds is 5. The minimum atomic E-state index is -0.895. The first-order valence-corrected chi connectivity index (χ1v) is 7.06. The highest BCUT2D eigenvalue weighted by atomic mass is 32.1. The maximum Gasteiger partial charge on any atom is 0.329 e. The van der Waals surface area contributed by atoms with Crippen molar-refractivity contribution in [1.29, 1.82) is 0 Å². The Labute approximate surface area is 110 Å². The highest BCUT2D eigenvalue weighted by molar-refractivity contribution is 7.07. The molecule has 18 heavy (non-hydrogen) atoms.